The van der Waals surface area contributed by atoms with Gasteiger partial charge in [0.05, 0.1) is 4.90 Å². The van der Waals surface area contributed by atoms with Gasteiger partial charge in [0.25, 0.3) is 0 Å². The number of sulfonamides is 1. The first-order valence-corrected chi connectivity index (χ1v) is 11.7. The average molecular weight is 441 g/mol. The minimum Gasteiger partial charge on any atom is -0.324 e. The molecular formula is C21H24N6O3S. The first-order valence-electron chi connectivity index (χ1n) is 10.3. The molecule has 0 spiro atoms. The fourth-order valence-electron chi connectivity index (χ4n) is 3.48. The van der Waals surface area contributed by atoms with Crippen molar-refractivity contribution in [2.75, 3.05) is 18.4 Å². The van der Waals surface area contributed by atoms with Gasteiger partial charge in [0, 0.05) is 24.3 Å². The largest absolute Gasteiger partial charge is 0.324 e. The van der Waals surface area contributed by atoms with Crippen molar-refractivity contribution in [3.8, 4) is 11.4 Å². The Morgan fingerprint density at radius 2 is 1.61 bits per heavy atom. The van der Waals surface area contributed by atoms with Gasteiger partial charge in [-0.05, 0) is 42.3 Å². The van der Waals surface area contributed by atoms with Crippen LogP contribution in [-0.4, -0.2) is 51.9 Å². The molecule has 0 bridgehead atoms. The zero-order chi connectivity index (χ0) is 21.7. The molecule has 1 saturated heterocycles. The summed E-state index contributed by atoms with van der Waals surface area (Å²) in [5.74, 6) is 0.108. The molecule has 0 saturated carbocycles. The maximum atomic E-state index is 12.8. The number of nitrogens with zero attached hydrogens (tertiary/aromatic N) is 5. The number of hydrogen-bond donors (Lipinski definition) is 1. The van der Waals surface area contributed by atoms with E-state index in [0.29, 0.717) is 24.6 Å². The summed E-state index contributed by atoms with van der Waals surface area (Å²) in [6.07, 6.45) is 3.89. The van der Waals surface area contributed by atoms with Gasteiger partial charge in [0.2, 0.25) is 21.8 Å². The summed E-state index contributed by atoms with van der Waals surface area (Å²) >= 11 is 0. The van der Waals surface area contributed by atoms with Crippen LogP contribution in [0.3, 0.4) is 0 Å². The van der Waals surface area contributed by atoms with E-state index in [2.05, 4.69) is 20.7 Å². The number of benzene rings is 2. The Balaban J connectivity index is 1.38. The molecule has 1 N–H and O–H groups in total. The summed E-state index contributed by atoms with van der Waals surface area (Å²) in [4.78, 5) is 13.8. The normalized spacial score (nSPS) is 15.4. The maximum Gasteiger partial charge on any atom is 0.248 e. The molecule has 0 radical (unpaired) electrons. The topological polar surface area (TPSA) is 110 Å². The van der Waals surface area contributed by atoms with Crippen LogP contribution in [0.5, 0.6) is 0 Å². The predicted octanol–water partition coefficient (Wildman–Crippen LogP) is 2.54. The molecule has 1 aliphatic rings. The molecule has 2 heterocycles. The Morgan fingerprint density at radius 1 is 0.935 bits per heavy atom. The van der Waals surface area contributed by atoms with Crippen LogP contribution < -0.4 is 5.32 Å². The Morgan fingerprint density at radius 3 is 2.29 bits per heavy atom. The van der Waals surface area contributed by atoms with Gasteiger partial charge in [-0.15, -0.1) is 10.2 Å². The van der Waals surface area contributed by atoms with Crippen molar-refractivity contribution in [1.29, 1.82) is 0 Å². The van der Waals surface area contributed by atoms with Crippen molar-refractivity contribution in [2.24, 2.45) is 0 Å². The summed E-state index contributed by atoms with van der Waals surface area (Å²) in [7, 11) is -3.51. The van der Waals surface area contributed by atoms with E-state index in [1.165, 1.54) is 16.9 Å². The number of hydrogen-bond acceptors (Lipinski definition) is 6. The van der Waals surface area contributed by atoms with E-state index in [4.69, 9.17) is 0 Å². The second-order valence-corrected chi connectivity index (χ2v) is 9.34. The Kier molecular flexibility index (Phi) is 6.38. The van der Waals surface area contributed by atoms with Crippen LogP contribution in [0.2, 0.25) is 0 Å². The van der Waals surface area contributed by atoms with Crippen LogP contribution in [0.4, 0.5) is 5.69 Å². The molecule has 1 aromatic heterocycles. The highest BCUT2D eigenvalue weighted by molar-refractivity contribution is 7.89. The van der Waals surface area contributed by atoms with Crippen LogP contribution >= 0.6 is 0 Å². The SMILES string of the molecule is O=C(Cn1nnc(-c2ccccc2)n1)Nc1ccc(S(=O)(=O)N2CCCCCC2)cc1. The minimum atomic E-state index is -3.51. The molecule has 0 unspecified atom stereocenters. The highest BCUT2D eigenvalue weighted by Gasteiger charge is 2.25. The molecule has 1 fully saturated rings. The van der Waals surface area contributed by atoms with Crippen LogP contribution in [-0.2, 0) is 21.4 Å². The third-order valence-electron chi connectivity index (χ3n) is 5.11. The van der Waals surface area contributed by atoms with Crippen molar-refractivity contribution < 1.29 is 13.2 Å². The monoisotopic (exact) mass is 440 g/mol. The van der Waals surface area contributed by atoms with Gasteiger partial charge in [-0.3, -0.25) is 4.79 Å². The van der Waals surface area contributed by atoms with Gasteiger partial charge >= 0.3 is 0 Å². The number of tetrazole rings is 1. The summed E-state index contributed by atoms with van der Waals surface area (Å²) in [5, 5.41) is 14.8. The fourth-order valence-corrected chi connectivity index (χ4v) is 5.00. The maximum absolute atomic E-state index is 12.8. The molecule has 0 atom stereocenters. The first kappa shape index (κ1) is 21.1. The summed E-state index contributed by atoms with van der Waals surface area (Å²) < 4.78 is 27.2. The standard InChI is InChI=1S/C21H24N6O3S/c28-20(16-27-24-21(23-25-27)17-8-4-3-5-9-17)22-18-10-12-19(13-11-18)31(29,30)26-14-6-1-2-7-15-26/h3-5,8-13H,1-2,6-7,14-16H2,(H,22,28). The third kappa shape index (κ3) is 5.15. The van der Waals surface area contributed by atoms with Crippen molar-refractivity contribution in [3.05, 3.63) is 54.6 Å². The number of aromatic nitrogens is 4. The molecular weight excluding hydrogens is 416 g/mol. The molecule has 162 valence electrons. The lowest BCUT2D eigenvalue weighted by Crippen LogP contribution is -2.31. The molecule has 4 rings (SSSR count). The van der Waals surface area contributed by atoms with Gasteiger partial charge in [-0.2, -0.15) is 9.10 Å². The van der Waals surface area contributed by atoms with Gasteiger partial charge in [0.1, 0.15) is 6.54 Å². The van der Waals surface area contributed by atoms with E-state index in [1.54, 1.807) is 16.4 Å². The van der Waals surface area contributed by atoms with Crippen LogP contribution in [0.1, 0.15) is 25.7 Å². The van der Waals surface area contributed by atoms with Crippen LogP contribution in [0.15, 0.2) is 59.5 Å². The number of anilines is 1. The van der Waals surface area contributed by atoms with E-state index in [9.17, 15) is 13.2 Å². The van der Waals surface area contributed by atoms with Crippen LogP contribution in [0, 0.1) is 0 Å². The van der Waals surface area contributed by atoms with Gasteiger partial charge < -0.3 is 5.32 Å². The second-order valence-electron chi connectivity index (χ2n) is 7.40. The van der Waals surface area contributed by atoms with E-state index < -0.39 is 10.0 Å². The zero-order valence-electron chi connectivity index (χ0n) is 17.0. The van der Waals surface area contributed by atoms with E-state index >= 15 is 0 Å². The van der Waals surface area contributed by atoms with E-state index in [0.717, 1.165) is 31.2 Å². The van der Waals surface area contributed by atoms with Crippen molar-refractivity contribution >= 4 is 21.6 Å². The second kappa shape index (κ2) is 9.36. The van der Waals surface area contributed by atoms with Gasteiger partial charge in [0.15, 0.2) is 0 Å². The molecule has 3 aromatic rings. The molecule has 0 aliphatic carbocycles. The highest BCUT2D eigenvalue weighted by Crippen LogP contribution is 2.22. The number of nitrogens with one attached hydrogen (secondary N) is 1. The van der Waals surface area contributed by atoms with E-state index in [1.807, 2.05) is 30.3 Å². The Bertz CT molecular complexity index is 1120. The molecule has 1 aliphatic heterocycles. The zero-order valence-corrected chi connectivity index (χ0v) is 17.8. The molecule has 31 heavy (non-hydrogen) atoms. The fraction of sp³-hybridized carbons (Fsp3) is 0.333. The Labute approximate surface area is 181 Å². The number of carbonyl (C=O) groups is 1. The van der Waals surface area contributed by atoms with Crippen LogP contribution in [0.25, 0.3) is 11.4 Å². The van der Waals surface area contributed by atoms with Crippen molar-refractivity contribution in [3.63, 3.8) is 0 Å². The number of rotatable bonds is 6. The van der Waals surface area contributed by atoms with E-state index in [-0.39, 0.29) is 17.3 Å². The number of amides is 1. The minimum absolute atomic E-state index is 0.104. The lowest BCUT2D eigenvalue weighted by atomic mass is 10.2. The summed E-state index contributed by atoms with van der Waals surface area (Å²) in [6.45, 7) is 1.00. The Hall–Kier alpha value is -3.11. The summed E-state index contributed by atoms with van der Waals surface area (Å²) in [6, 6.07) is 15.6. The lowest BCUT2D eigenvalue weighted by Gasteiger charge is -2.20. The molecule has 10 heteroatoms. The first-order chi connectivity index (χ1) is 15.0. The summed E-state index contributed by atoms with van der Waals surface area (Å²) in [5.41, 5.74) is 1.32. The van der Waals surface area contributed by atoms with Gasteiger partial charge in [-0.25, -0.2) is 8.42 Å². The van der Waals surface area contributed by atoms with Gasteiger partial charge in [-0.1, -0.05) is 43.2 Å². The highest BCUT2D eigenvalue weighted by atomic mass is 32.2. The molecule has 2 aromatic carbocycles. The number of carbonyl (C=O) groups excluding carboxylic acids is 1. The quantitative estimate of drug-likeness (QED) is 0.631. The third-order valence-corrected chi connectivity index (χ3v) is 7.02. The molecule has 1 amide bonds. The van der Waals surface area contributed by atoms with Crippen molar-refractivity contribution in [1.82, 2.24) is 24.5 Å². The lowest BCUT2D eigenvalue weighted by molar-refractivity contribution is -0.117. The van der Waals surface area contributed by atoms with Crippen molar-refractivity contribution in [2.45, 2.75) is 37.1 Å². The predicted molar refractivity (Wildman–Crippen MR) is 116 cm³/mol. The smallest absolute Gasteiger partial charge is 0.248 e. The molecule has 9 nitrogen and oxygen atoms in total. The average Bonchev–Trinajstić information content (AvgIpc) is 3.05.